The SMILES string of the molecule is C[C@H](C(=O)/C=C/c1ccccc1)[C@H]1CC[C@H]2[C@@H]3CC[C@H]4C[C@@](C)(O)CC[C@]4(C)[C@H]3CC[C@]12C. The molecule has 5 rings (SSSR count). The Morgan fingerprint density at radius 3 is 2.42 bits per heavy atom. The monoisotopic (exact) mass is 448 g/mol. The fourth-order valence-corrected chi connectivity index (χ4v) is 9.39. The molecule has 0 radical (unpaired) electrons. The summed E-state index contributed by atoms with van der Waals surface area (Å²) in [6.45, 7) is 9.36. The molecule has 0 spiro atoms. The first-order valence-electron chi connectivity index (χ1n) is 13.6. The van der Waals surface area contributed by atoms with Crippen LogP contribution in [0.4, 0.5) is 0 Å². The van der Waals surface area contributed by atoms with E-state index in [0.717, 1.165) is 36.2 Å². The van der Waals surface area contributed by atoms with Gasteiger partial charge in [0, 0.05) is 5.92 Å². The lowest BCUT2D eigenvalue weighted by Gasteiger charge is -2.62. The third kappa shape index (κ3) is 3.95. The summed E-state index contributed by atoms with van der Waals surface area (Å²) in [7, 11) is 0. The highest BCUT2D eigenvalue weighted by Gasteiger charge is 2.61. The van der Waals surface area contributed by atoms with Crippen LogP contribution in [0.3, 0.4) is 0 Å². The van der Waals surface area contributed by atoms with Crippen molar-refractivity contribution >= 4 is 11.9 Å². The quantitative estimate of drug-likeness (QED) is 0.490. The number of rotatable bonds is 4. The number of fused-ring (bicyclic) bond motifs is 5. The lowest BCUT2D eigenvalue weighted by molar-refractivity contribution is -0.149. The van der Waals surface area contributed by atoms with Crippen molar-refractivity contribution in [3.63, 3.8) is 0 Å². The highest BCUT2D eigenvalue weighted by molar-refractivity contribution is 5.95. The van der Waals surface area contributed by atoms with Crippen molar-refractivity contribution in [2.45, 2.75) is 91.1 Å². The number of carbonyl (C=O) groups is 1. The number of benzene rings is 1. The molecule has 9 atom stereocenters. The molecule has 4 aliphatic rings. The zero-order valence-corrected chi connectivity index (χ0v) is 21.2. The maximum atomic E-state index is 13.2. The Kier molecular flexibility index (Phi) is 5.91. The molecule has 1 N–H and O–H groups in total. The van der Waals surface area contributed by atoms with E-state index >= 15 is 0 Å². The van der Waals surface area contributed by atoms with E-state index < -0.39 is 5.60 Å². The van der Waals surface area contributed by atoms with E-state index in [4.69, 9.17) is 0 Å². The summed E-state index contributed by atoms with van der Waals surface area (Å²) < 4.78 is 0. The van der Waals surface area contributed by atoms with Crippen LogP contribution in [-0.2, 0) is 4.79 Å². The Bertz CT molecular complexity index is 901. The van der Waals surface area contributed by atoms with Crippen molar-refractivity contribution in [3.05, 3.63) is 42.0 Å². The Balaban J connectivity index is 1.31. The lowest BCUT2D eigenvalue weighted by atomic mass is 9.43. The summed E-state index contributed by atoms with van der Waals surface area (Å²) in [6, 6.07) is 10.2. The largest absolute Gasteiger partial charge is 0.390 e. The van der Waals surface area contributed by atoms with Gasteiger partial charge in [0.1, 0.15) is 0 Å². The highest BCUT2D eigenvalue weighted by Crippen LogP contribution is 2.68. The van der Waals surface area contributed by atoms with E-state index in [2.05, 4.69) is 39.8 Å². The molecule has 0 saturated heterocycles. The average Bonchev–Trinajstić information content (AvgIpc) is 3.15. The van der Waals surface area contributed by atoms with Crippen LogP contribution < -0.4 is 0 Å². The molecule has 33 heavy (non-hydrogen) atoms. The predicted molar refractivity (Wildman–Crippen MR) is 135 cm³/mol. The van der Waals surface area contributed by atoms with E-state index in [-0.39, 0.29) is 5.92 Å². The smallest absolute Gasteiger partial charge is 0.158 e. The van der Waals surface area contributed by atoms with Gasteiger partial charge < -0.3 is 5.11 Å². The topological polar surface area (TPSA) is 37.3 Å². The van der Waals surface area contributed by atoms with Crippen LogP contribution >= 0.6 is 0 Å². The van der Waals surface area contributed by atoms with Crippen LogP contribution in [0.2, 0.25) is 0 Å². The van der Waals surface area contributed by atoms with Crippen LogP contribution in [0.5, 0.6) is 0 Å². The van der Waals surface area contributed by atoms with Gasteiger partial charge >= 0.3 is 0 Å². The van der Waals surface area contributed by atoms with E-state index in [1.807, 2.05) is 30.4 Å². The molecule has 4 fully saturated rings. The molecule has 4 saturated carbocycles. The molecule has 1 aromatic carbocycles. The molecule has 0 aliphatic heterocycles. The van der Waals surface area contributed by atoms with Crippen LogP contribution in [0.15, 0.2) is 36.4 Å². The van der Waals surface area contributed by atoms with Gasteiger partial charge in [0.25, 0.3) is 0 Å². The van der Waals surface area contributed by atoms with E-state index in [1.165, 1.54) is 44.9 Å². The second kappa shape index (κ2) is 8.36. The van der Waals surface area contributed by atoms with Crippen molar-refractivity contribution in [3.8, 4) is 0 Å². The van der Waals surface area contributed by atoms with E-state index in [9.17, 15) is 9.90 Å². The molecular formula is C31H44O2. The van der Waals surface area contributed by atoms with Crippen LogP contribution in [-0.4, -0.2) is 16.5 Å². The molecule has 0 bridgehead atoms. The number of aliphatic hydroxyl groups is 1. The summed E-state index contributed by atoms with van der Waals surface area (Å²) >= 11 is 0. The molecular weight excluding hydrogens is 404 g/mol. The Morgan fingerprint density at radius 2 is 1.67 bits per heavy atom. The standard InChI is InChI=1S/C31H44O2/c1-21(28(32)15-10-22-8-6-5-7-9-22)25-13-14-26-24-12-11-23-20-29(2,33)18-19-30(23,3)27(24)16-17-31(25,26)4/h5-10,15,21,23-27,33H,11-14,16-20H2,1-4H3/b15-10+/t21-,23-,24-,25+,26-,27-,29-,30-,31+/m0/s1. The van der Waals surface area contributed by atoms with Crippen LogP contribution in [0.1, 0.15) is 91.0 Å². The first-order valence-corrected chi connectivity index (χ1v) is 13.6. The summed E-state index contributed by atoms with van der Waals surface area (Å²) in [5.41, 5.74) is 1.36. The Hall–Kier alpha value is -1.41. The Morgan fingerprint density at radius 1 is 0.939 bits per heavy atom. The van der Waals surface area contributed by atoms with Gasteiger partial charge in [-0.1, -0.05) is 57.2 Å². The number of carbonyl (C=O) groups excluding carboxylic acids is 1. The molecule has 4 aliphatic carbocycles. The first kappa shape index (κ1) is 23.3. The molecule has 2 heteroatoms. The minimum atomic E-state index is -0.457. The fraction of sp³-hybridized carbons (Fsp3) is 0.710. The number of allylic oxidation sites excluding steroid dienone is 1. The van der Waals surface area contributed by atoms with Crippen molar-refractivity contribution in [1.29, 1.82) is 0 Å². The van der Waals surface area contributed by atoms with E-state index in [1.54, 1.807) is 0 Å². The van der Waals surface area contributed by atoms with Crippen molar-refractivity contribution in [1.82, 2.24) is 0 Å². The fourth-order valence-electron chi connectivity index (χ4n) is 9.39. The third-order valence-corrected chi connectivity index (χ3v) is 11.3. The molecule has 1 aromatic rings. The van der Waals surface area contributed by atoms with Gasteiger partial charge in [0.05, 0.1) is 5.60 Å². The zero-order chi connectivity index (χ0) is 23.4. The van der Waals surface area contributed by atoms with Gasteiger partial charge in [-0.15, -0.1) is 0 Å². The normalized spacial score (nSPS) is 45.8. The highest BCUT2D eigenvalue weighted by atomic mass is 16.3. The van der Waals surface area contributed by atoms with Gasteiger partial charge in [0.15, 0.2) is 5.78 Å². The minimum absolute atomic E-state index is 0.105. The second-order valence-electron chi connectivity index (χ2n) is 13.0. The number of ketones is 1. The van der Waals surface area contributed by atoms with Gasteiger partial charge in [0.2, 0.25) is 0 Å². The molecule has 2 nitrogen and oxygen atoms in total. The molecule has 0 unspecified atom stereocenters. The lowest BCUT2D eigenvalue weighted by Crippen LogP contribution is -2.55. The summed E-state index contributed by atoms with van der Waals surface area (Å²) in [5.74, 6) is 4.01. The zero-order valence-electron chi connectivity index (χ0n) is 21.2. The molecule has 0 amide bonds. The molecule has 0 heterocycles. The average molecular weight is 449 g/mol. The van der Waals surface area contributed by atoms with Crippen LogP contribution in [0.25, 0.3) is 6.08 Å². The van der Waals surface area contributed by atoms with Gasteiger partial charge in [-0.05, 0) is 117 Å². The van der Waals surface area contributed by atoms with Crippen molar-refractivity contribution < 1.29 is 9.90 Å². The van der Waals surface area contributed by atoms with Crippen molar-refractivity contribution in [2.24, 2.45) is 46.3 Å². The molecule has 0 aromatic heterocycles. The molecule has 180 valence electrons. The summed E-state index contributed by atoms with van der Waals surface area (Å²) in [6.07, 6.45) is 14.7. The second-order valence-corrected chi connectivity index (χ2v) is 13.0. The maximum Gasteiger partial charge on any atom is 0.158 e. The third-order valence-electron chi connectivity index (χ3n) is 11.3. The van der Waals surface area contributed by atoms with E-state index in [0.29, 0.717) is 28.4 Å². The Labute approximate surface area is 201 Å². The first-order chi connectivity index (χ1) is 15.6. The number of hydrogen-bond donors (Lipinski definition) is 1. The summed E-state index contributed by atoms with van der Waals surface area (Å²) in [5, 5.41) is 10.7. The summed E-state index contributed by atoms with van der Waals surface area (Å²) in [4.78, 5) is 13.2. The van der Waals surface area contributed by atoms with Gasteiger partial charge in [-0.2, -0.15) is 0 Å². The van der Waals surface area contributed by atoms with Gasteiger partial charge in [-0.25, -0.2) is 0 Å². The number of hydrogen-bond acceptors (Lipinski definition) is 2. The maximum absolute atomic E-state index is 13.2. The van der Waals surface area contributed by atoms with Crippen LogP contribution in [0, 0.1) is 46.3 Å². The van der Waals surface area contributed by atoms with Gasteiger partial charge in [-0.3, -0.25) is 4.79 Å². The predicted octanol–water partition coefficient (Wildman–Crippen LogP) is 7.31. The van der Waals surface area contributed by atoms with Crippen molar-refractivity contribution in [2.75, 3.05) is 0 Å². The minimum Gasteiger partial charge on any atom is -0.390 e.